The van der Waals surface area contributed by atoms with Gasteiger partial charge in [0.15, 0.2) is 0 Å². The second kappa shape index (κ2) is 14.0. The molecule has 1 aliphatic rings. The van der Waals surface area contributed by atoms with E-state index in [1.165, 1.54) is 0 Å². The number of hydrogen-bond acceptors (Lipinski definition) is 6. The van der Waals surface area contributed by atoms with E-state index in [2.05, 4.69) is 22.5 Å². The van der Waals surface area contributed by atoms with Crippen LogP contribution in [0.1, 0.15) is 25.3 Å². The van der Waals surface area contributed by atoms with E-state index in [1.54, 1.807) is 6.20 Å². The van der Waals surface area contributed by atoms with E-state index >= 15 is 0 Å². The highest BCUT2D eigenvalue weighted by Gasteiger charge is 2.17. The van der Waals surface area contributed by atoms with Gasteiger partial charge in [-0.2, -0.15) is 0 Å². The second-order valence-corrected chi connectivity index (χ2v) is 6.60. The minimum absolute atomic E-state index is 0. The van der Waals surface area contributed by atoms with Crippen molar-refractivity contribution in [3.8, 4) is 17.4 Å². The van der Waals surface area contributed by atoms with Crippen molar-refractivity contribution in [1.82, 2.24) is 15.6 Å². The highest BCUT2D eigenvalue weighted by molar-refractivity contribution is 5.85. The number of carbonyl (C=O) groups excluding carboxylic acids is 1. The third-order valence-corrected chi connectivity index (χ3v) is 4.27. The van der Waals surface area contributed by atoms with Crippen molar-refractivity contribution in [2.24, 2.45) is 0 Å². The molecular formula is C21H29Cl2N3O4. The smallest absolute Gasteiger partial charge is 0.224 e. The molecule has 9 heteroatoms. The Hall–Kier alpha value is -2.06. The van der Waals surface area contributed by atoms with Gasteiger partial charge in [0.2, 0.25) is 11.8 Å². The van der Waals surface area contributed by atoms with Crippen molar-refractivity contribution in [1.29, 1.82) is 0 Å². The molecule has 166 valence electrons. The van der Waals surface area contributed by atoms with Crippen molar-refractivity contribution >= 4 is 30.7 Å². The molecule has 0 aliphatic carbocycles. The summed E-state index contributed by atoms with van der Waals surface area (Å²) >= 11 is 0. The first-order valence-electron chi connectivity index (χ1n) is 9.67. The van der Waals surface area contributed by atoms with Crippen LogP contribution in [0.2, 0.25) is 0 Å². The Bertz CT molecular complexity index is 756. The fraction of sp³-hybridized carbons (Fsp3) is 0.429. The fourth-order valence-corrected chi connectivity index (χ4v) is 2.83. The molecule has 2 heterocycles. The quantitative estimate of drug-likeness (QED) is 0.599. The van der Waals surface area contributed by atoms with Gasteiger partial charge in [-0.15, -0.1) is 24.8 Å². The van der Waals surface area contributed by atoms with Crippen LogP contribution < -0.4 is 20.1 Å². The maximum atomic E-state index is 12.2. The van der Waals surface area contributed by atoms with Gasteiger partial charge in [-0.25, -0.2) is 4.98 Å². The van der Waals surface area contributed by atoms with E-state index in [9.17, 15) is 4.79 Å². The molecular weight excluding hydrogens is 429 g/mol. The van der Waals surface area contributed by atoms with Crippen LogP contribution in [0.5, 0.6) is 17.4 Å². The molecule has 1 unspecified atom stereocenters. The van der Waals surface area contributed by atoms with E-state index in [-0.39, 0.29) is 36.8 Å². The van der Waals surface area contributed by atoms with Crippen LogP contribution in [-0.4, -0.2) is 43.3 Å². The predicted molar refractivity (Wildman–Crippen MR) is 120 cm³/mol. The van der Waals surface area contributed by atoms with Gasteiger partial charge < -0.3 is 24.8 Å². The van der Waals surface area contributed by atoms with E-state index < -0.39 is 0 Å². The summed E-state index contributed by atoms with van der Waals surface area (Å²) in [5.41, 5.74) is 0.815. The van der Waals surface area contributed by atoms with E-state index in [0.29, 0.717) is 44.4 Å². The Morgan fingerprint density at radius 1 is 1.23 bits per heavy atom. The van der Waals surface area contributed by atoms with Gasteiger partial charge in [0, 0.05) is 37.3 Å². The number of benzene rings is 1. The Morgan fingerprint density at radius 2 is 2.00 bits per heavy atom. The number of nitrogens with one attached hydrogen (secondary N) is 2. The van der Waals surface area contributed by atoms with Gasteiger partial charge in [-0.1, -0.05) is 13.0 Å². The van der Waals surface area contributed by atoms with Crippen molar-refractivity contribution in [2.75, 3.05) is 26.4 Å². The van der Waals surface area contributed by atoms with Gasteiger partial charge in [0.05, 0.1) is 19.8 Å². The third-order valence-electron chi connectivity index (χ3n) is 4.27. The number of rotatable bonds is 9. The van der Waals surface area contributed by atoms with Crippen LogP contribution in [0, 0.1) is 0 Å². The van der Waals surface area contributed by atoms with Crippen molar-refractivity contribution in [3.63, 3.8) is 0 Å². The second-order valence-electron chi connectivity index (χ2n) is 6.60. The van der Waals surface area contributed by atoms with E-state index in [4.69, 9.17) is 14.2 Å². The molecule has 0 radical (unpaired) electrons. The number of halogens is 2. The molecule has 3 rings (SSSR count). The van der Waals surface area contributed by atoms with Crippen LogP contribution in [-0.2, 0) is 16.1 Å². The lowest BCUT2D eigenvalue weighted by Crippen LogP contribution is -2.44. The standard InChI is InChI=1S/C21H27N3O4.2ClH/c1-2-11-27-18-5-7-19(8-6-18)28-21-16(4-3-9-23-21)14-24-20(25)13-17-15-26-12-10-22-17;;/h3-9,17,22H,2,10-15H2,1H3,(H,24,25);2*1H. The molecule has 2 aromatic rings. The summed E-state index contributed by atoms with van der Waals surface area (Å²) in [4.78, 5) is 16.5. The molecule has 1 aromatic heterocycles. The number of ether oxygens (including phenoxy) is 3. The zero-order valence-electron chi connectivity index (χ0n) is 17.0. The van der Waals surface area contributed by atoms with Crippen LogP contribution in [0.4, 0.5) is 0 Å². The topological polar surface area (TPSA) is 81.7 Å². The first-order chi connectivity index (χ1) is 13.7. The van der Waals surface area contributed by atoms with E-state index in [0.717, 1.165) is 24.3 Å². The molecule has 2 N–H and O–H groups in total. The van der Waals surface area contributed by atoms with Crippen LogP contribution in [0.25, 0.3) is 0 Å². The zero-order chi connectivity index (χ0) is 19.6. The number of pyridine rings is 1. The molecule has 7 nitrogen and oxygen atoms in total. The van der Waals surface area contributed by atoms with Crippen molar-refractivity contribution in [3.05, 3.63) is 48.2 Å². The third kappa shape index (κ3) is 8.36. The number of nitrogens with zero attached hydrogens (tertiary/aromatic N) is 1. The molecule has 1 aliphatic heterocycles. The zero-order valence-corrected chi connectivity index (χ0v) is 18.6. The van der Waals surface area contributed by atoms with Gasteiger partial charge in [-0.3, -0.25) is 4.79 Å². The van der Waals surface area contributed by atoms with Crippen LogP contribution >= 0.6 is 24.8 Å². The van der Waals surface area contributed by atoms with Crippen molar-refractivity contribution < 1.29 is 19.0 Å². The number of hydrogen-bond donors (Lipinski definition) is 2. The lowest BCUT2D eigenvalue weighted by atomic mass is 10.2. The number of morpholine rings is 1. The van der Waals surface area contributed by atoms with Gasteiger partial charge in [0.1, 0.15) is 11.5 Å². The van der Waals surface area contributed by atoms with Gasteiger partial charge >= 0.3 is 0 Å². The molecule has 0 spiro atoms. The Balaban J connectivity index is 0.00000225. The van der Waals surface area contributed by atoms with E-state index in [1.807, 2.05) is 36.4 Å². The average Bonchev–Trinajstić information content (AvgIpc) is 2.73. The molecule has 1 fully saturated rings. The number of aromatic nitrogens is 1. The fourth-order valence-electron chi connectivity index (χ4n) is 2.83. The lowest BCUT2D eigenvalue weighted by molar-refractivity contribution is -0.122. The Labute approximate surface area is 189 Å². The number of amides is 1. The van der Waals surface area contributed by atoms with Crippen molar-refractivity contribution in [2.45, 2.75) is 32.4 Å². The summed E-state index contributed by atoms with van der Waals surface area (Å²) in [5.74, 6) is 1.92. The molecule has 1 aromatic carbocycles. The summed E-state index contributed by atoms with van der Waals surface area (Å²) in [6, 6.07) is 11.2. The first kappa shape index (κ1) is 26.0. The lowest BCUT2D eigenvalue weighted by Gasteiger charge is -2.23. The largest absolute Gasteiger partial charge is 0.494 e. The SMILES string of the molecule is CCCOc1ccc(Oc2ncccc2CNC(=O)CC2COCCN2)cc1.Cl.Cl. The minimum Gasteiger partial charge on any atom is -0.494 e. The highest BCUT2D eigenvalue weighted by atomic mass is 35.5. The monoisotopic (exact) mass is 457 g/mol. The summed E-state index contributed by atoms with van der Waals surface area (Å²) in [6.07, 6.45) is 3.02. The first-order valence-corrected chi connectivity index (χ1v) is 9.67. The molecule has 0 saturated carbocycles. The van der Waals surface area contributed by atoms with Crippen LogP contribution in [0.15, 0.2) is 42.6 Å². The Kier molecular flexibility index (Phi) is 12.2. The summed E-state index contributed by atoms with van der Waals surface area (Å²) in [7, 11) is 0. The molecule has 30 heavy (non-hydrogen) atoms. The van der Waals surface area contributed by atoms with Crippen LogP contribution in [0.3, 0.4) is 0 Å². The predicted octanol–water partition coefficient (Wildman–Crippen LogP) is 3.50. The summed E-state index contributed by atoms with van der Waals surface area (Å²) in [5, 5.41) is 6.21. The molecule has 1 atom stereocenters. The normalized spacial score (nSPS) is 15.3. The minimum atomic E-state index is -0.0322. The number of carbonyl (C=O) groups is 1. The average molecular weight is 458 g/mol. The summed E-state index contributed by atoms with van der Waals surface area (Å²) in [6.45, 7) is 5.14. The molecule has 0 bridgehead atoms. The maximum Gasteiger partial charge on any atom is 0.224 e. The summed E-state index contributed by atoms with van der Waals surface area (Å²) < 4.78 is 16.9. The molecule has 1 saturated heterocycles. The molecule has 1 amide bonds. The van der Waals surface area contributed by atoms with Gasteiger partial charge in [0.25, 0.3) is 0 Å². The Morgan fingerprint density at radius 3 is 2.70 bits per heavy atom. The van der Waals surface area contributed by atoms with Gasteiger partial charge in [-0.05, 0) is 36.8 Å². The maximum absolute atomic E-state index is 12.2. The highest BCUT2D eigenvalue weighted by Crippen LogP contribution is 2.25.